The van der Waals surface area contributed by atoms with Crippen molar-refractivity contribution in [1.29, 1.82) is 0 Å². The molecule has 0 unspecified atom stereocenters. The van der Waals surface area contributed by atoms with Crippen molar-refractivity contribution in [2.45, 2.75) is 206 Å². The van der Waals surface area contributed by atoms with Crippen LogP contribution in [0.15, 0.2) is 91.0 Å². The molecule has 366 valence electrons. The molecule has 0 saturated carbocycles. The molecule has 2 heterocycles. The summed E-state index contributed by atoms with van der Waals surface area (Å²) in [5, 5.41) is 0. The SMILES string of the molecule is Cc1cc2c(cc1N1c3cc(C(C)(C)C)cc4c3B(c3ccc5c(c31)C(C)(C)c1ccccc1-5)N(c1ccc3c(c1)C(C)(C)CCC3(C)C)c1cc3c(cc1-4)C(C)(C)CCC3(C)C)C(C)(C)CCC2(C)C. The minimum atomic E-state index is -0.242. The van der Waals surface area contributed by atoms with Gasteiger partial charge in [-0.25, -0.2) is 0 Å². The molecule has 4 aliphatic carbocycles. The zero-order valence-corrected chi connectivity index (χ0v) is 46.9. The lowest BCUT2D eigenvalue weighted by molar-refractivity contribution is 0.332. The molecule has 6 aromatic carbocycles. The van der Waals surface area contributed by atoms with Crippen molar-refractivity contribution in [3.05, 3.63) is 147 Å². The molecule has 71 heavy (non-hydrogen) atoms. The van der Waals surface area contributed by atoms with Crippen molar-refractivity contribution in [3.63, 3.8) is 0 Å². The first-order valence-corrected chi connectivity index (χ1v) is 27.5. The second-order valence-corrected chi connectivity index (χ2v) is 29.0. The quantitative estimate of drug-likeness (QED) is 0.160. The van der Waals surface area contributed by atoms with Crippen LogP contribution in [0.4, 0.5) is 28.4 Å². The molecule has 0 bridgehead atoms. The summed E-state index contributed by atoms with van der Waals surface area (Å²) in [6.45, 7) is 44.6. The maximum atomic E-state index is 2.86. The fraction of sp³-hybridized carbons (Fsp3) is 0.471. The minimum Gasteiger partial charge on any atom is -0.376 e. The summed E-state index contributed by atoms with van der Waals surface area (Å²) in [4.78, 5) is 5.68. The third-order valence-corrected chi connectivity index (χ3v) is 20.1. The van der Waals surface area contributed by atoms with Crippen LogP contribution in [-0.4, -0.2) is 6.85 Å². The van der Waals surface area contributed by atoms with Crippen molar-refractivity contribution in [3.8, 4) is 22.3 Å². The van der Waals surface area contributed by atoms with Crippen LogP contribution in [0.3, 0.4) is 0 Å². The van der Waals surface area contributed by atoms with E-state index in [1.807, 2.05) is 0 Å². The summed E-state index contributed by atoms with van der Waals surface area (Å²) in [6, 6.07) is 38.0. The molecular weight excluding hydrogens is 856 g/mol. The van der Waals surface area contributed by atoms with E-state index in [4.69, 9.17) is 0 Å². The molecule has 6 aliphatic rings. The van der Waals surface area contributed by atoms with Gasteiger partial charge in [-0.2, -0.15) is 0 Å². The molecule has 0 N–H and O–H groups in total. The number of nitrogens with zero attached hydrogens (tertiary/aromatic N) is 2. The molecule has 0 saturated heterocycles. The van der Waals surface area contributed by atoms with Crippen LogP contribution in [-0.2, 0) is 43.3 Å². The first-order valence-electron chi connectivity index (χ1n) is 27.5. The van der Waals surface area contributed by atoms with Crippen LogP contribution < -0.4 is 20.6 Å². The van der Waals surface area contributed by atoms with Gasteiger partial charge in [0.25, 0.3) is 0 Å². The first-order chi connectivity index (χ1) is 33.0. The van der Waals surface area contributed by atoms with Crippen LogP contribution in [0.1, 0.15) is 212 Å². The van der Waals surface area contributed by atoms with Gasteiger partial charge in [-0.05, 0) is 203 Å². The second-order valence-electron chi connectivity index (χ2n) is 29.0. The van der Waals surface area contributed by atoms with E-state index in [1.54, 1.807) is 0 Å². The van der Waals surface area contributed by atoms with E-state index in [1.165, 1.54) is 156 Å². The Bertz CT molecular complexity index is 3300. The zero-order chi connectivity index (χ0) is 50.7. The first kappa shape index (κ1) is 47.0. The number of hydrogen-bond donors (Lipinski definition) is 0. The van der Waals surface area contributed by atoms with E-state index in [-0.39, 0.29) is 50.2 Å². The monoisotopic (exact) mass is 937 g/mol. The number of aryl methyl sites for hydroxylation is 1. The Morgan fingerprint density at radius 1 is 0.437 bits per heavy atom. The molecule has 6 aromatic rings. The Labute approximate surface area is 429 Å². The van der Waals surface area contributed by atoms with Crippen LogP contribution >= 0.6 is 0 Å². The summed E-state index contributed by atoms with van der Waals surface area (Å²) in [5.74, 6) is 0. The molecule has 0 amide bonds. The summed E-state index contributed by atoms with van der Waals surface area (Å²) in [7, 11) is 0. The highest BCUT2D eigenvalue weighted by atomic mass is 15.2. The van der Waals surface area contributed by atoms with Gasteiger partial charge in [0.2, 0.25) is 0 Å². The Kier molecular flexibility index (Phi) is 9.53. The molecule has 3 heteroatoms. The highest BCUT2D eigenvalue weighted by Crippen LogP contribution is 2.60. The van der Waals surface area contributed by atoms with Gasteiger partial charge in [-0.15, -0.1) is 0 Å². The molecular formula is C68H81BN2. The standard InChI is InChI=1S/C68H81BN2/c1-40-33-49-52(66(13,14)31-29-63(49,7)8)38-55(40)70-57-35-41(61(2,3)4)34-46-45-37-51-53(67(15,16)32-30-65(51,11)12)39-56(45)71(42-23-25-48-50(36-42)64(9,10)28-27-62(48,5)6)69(59(46)57)54-26-24-44-43-21-19-20-22-47(43)68(17,18)58(44)60(54)70/h19-26,33-39H,27-32H2,1-18H3. The predicted molar refractivity (Wildman–Crippen MR) is 307 cm³/mol. The third-order valence-electron chi connectivity index (χ3n) is 20.1. The topological polar surface area (TPSA) is 6.48 Å². The van der Waals surface area contributed by atoms with Crippen molar-refractivity contribution in [2.75, 3.05) is 9.71 Å². The Balaban J connectivity index is 1.26. The highest BCUT2D eigenvalue weighted by molar-refractivity contribution is 6.93. The van der Waals surface area contributed by atoms with Gasteiger partial charge in [0, 0.05) is 39.4 Å². The largest absolute Gasteiger partial charge is 0.376 e. The van der Waals surface area contributed by atoms with Crippen molar-refractivity contribution in [2.24, 2.45) is 0 Å². The maximum Gasteiger partial charge on any atom is 0.333 e. The molecule has 2 nitrogen and oxygen atoms in total. The van der Waals surface area contributed by atoms with Crippen LogP contribution in [0.2, 0.25) is 0 Å². The van der Waals surface area contributed by atoms with E-state index >= 15 is 0 Å². The van der Waals surface area contributed by atoms with Gasteiger partial charge in [-0.1, -0.05) is 172 Å². The predicted octanol–water partition coefficient (Wildman–Crippen LogP) is 17.4. The van der Waals surface area contributed by atoms with E-state index in [0.29, 0.717) is 0 Å². The molecule has 0 spiro atoms. The average molecular weight is 937 g/mol. The van der Waals surface area contributed by atoms with Crippen LogP contribution in [0.5, 0.6) is 0 Å². The Hall–Kier alpha value is -5.02. The van der Waals surface area contributed by atoms with Gasteiger partial charge >= 0.3 is 6.85 Å². The Morgan fingerprint density at radius 3 is 1.55 bits per heavy atom. The fourth-order valence-electron chi connectivity index (χ4n) is 15.0. The molecule has 2 aliphatic heterocycles. The Morgan fingerprint density at radius 2 is 0.958 bits per heavy atom. The van der Waals surface area contributed by atoms with E-state index in [0.717, 1.165) is 0 Å². The zero-order valence-electron chi connectivity index (χ0n) is 46.9. The van der Waals surface area contributed by atoms with Crippen molar-refractivity contribution in [1.82, 2.24) is 0 Å². The molecule has 0 atom stereocenters. The summed E-state index contributed by atoms with van der Waals surface area (Å²) in [5.41, 5.74) is 29.9. The number of hydrogen-bond acceptors (Lipinski definition) is 2. The van der Waals surface area contributed by atoms with Gasteiger partial charge < -0.3 is 9.71 Å². The van der Waals surface area contributed by atoms with Crippen LogP contribution in [0.25, 0.3) is 22.3 Å². The lowest BCUT2D eigenvalue weighted by Gasteiger charge is -2.50. The summed E-state index contributed by atoms with van der Waals surface area (Å²) < 4.78 is 0. The number of fused-ring (bicyclic) bond motifs is 11. The average Bonchev–Trinajstić information content (AvgIpc) is 3.53. The van der Waals surface area contributed by atoms with Gasteiger partial charge in [-0.3, -0.25) is 0 Å². The summed E-state index contributed by atoms with van der Waals surface area (Å²) in [6.07, 6.45) is 7.13. The smallest absolute Gasteiger partial charge is 0.333 e. The minimum absolute atomic E-state index is 0.0519. The lowest BCUT2D eigenvalue weighted by atomic mass is 9.42. The van der Waals surface area contributed by atoms with Gasteiger partial charge in [0.15, 0.2) is 0 Å². The number of rotatable bonds is 2. The van der Waals surface area contributed by atoms with E-state index < -0.39 is 0 Å². The van der Waals surface area contributed by atoms with Crippen molar-refractivity contribution < 1.29 is 0 Å². The normalized spacial score (nSPS) is 21.5. The molecule has 12 rings (SSSR count). The maximum absolute atomic E-state index is 2.86. The van der Waals surface area contributed by atoms with E-state index in [9.17, 15) is 0 Å². The number of anilines is 5. The van der Waals surface area contributed by atoms with Gasteiger partial charge in [0.05, 0.1) is 0 Å². The lowest BCUT2D eigenvalue weighted by Crippen LogP contribution is -2.62. The second kappa shape index (κ2) is 14.4. The van der Waals surface area contributed by atoms with Gasteiger partial charge in [0.1, 0.15) is 0 Å². The third kappa shape index (κ3) is 6.51. The molecule has 0 aromatic heterocycles. The molecule has 0 radical (unpaired) electrons. The highest BCUT2D eigenvalue weighted by Gasteiger charge is 2.52. The fourth-order valence-corrected chi connectivity index (χ4v) is 15.0. The van der Waals surface area contributed by atoms with Crippen molar-refractivity contribution >= 4 is 46.2 Å². The molecule has 0 fully saturated rings. The van der Waals surface area contributed by atoms with E-state index in [2.05, 4.69) is 225 Å². The summed E-state index contributed by atoms with van der Waals surface area (Å²) >= 11 is 0. The number of benzene rings is 6. The van der Waals surface area contributed by atoms with Crippen LogP contribution in [0, 0.1) is 6.92 Å².